The van der Waals surface area contributed by atoms with Crippen LogP contribution in [-0.4, -0.2) is 23.7 Å². The minimum absolute atomic E-state index is 0.0824. The molecule has 3 rings (SSSR count). The molecule has 21 heavy (non-hydrogen) atoms. The van der Waals surface area contributed by atoms with Gasteiger partial charge in [-0.15, -0.1) is 11.3 Å². The van der Waals surface area contributed by atoms with E-state index in [0.717, 1.165) is 23.4 Å². The number of halogens is 1. The van der Waals surface area contributed by atoms with E-state index < -0.39 is 10.0 Å². The Hall–Kier alpha value is -0.950. The fourth-order valence-corrected chi connectivity index (χ4v) is 4.72. The monoisotopic (exact) mass is 342 g/mol. The van der Waals surface area contributed by atoms with Gasteiger partial charge in [0.15, 0.2) is 0 Å². The van der Waals surface area contributed by atoms with Crippen molar-refractivity contribution in [3.05, 3.63) is 45.4 Å². The summed E-state index contributed by atoms with van der Waals surface area (Å²) in [7, 11) is -3.54. The van der Waals surface area contributed by atoms with Crippen LogP contribution in [0.25, 0.3) is 0 Å². The highest BCUT2D eigenvalue weighted by molar-refractivity contribution is 7.89. The highest BCUT2D eigenvalue weighted by Crippen LogP contribution is 2.34. The number of hydrogen-bond donors (Lipinski definition) is 0. The molecule has 0 N–H and O–H groups in total. The minimum Gasteiger partial charge on any atom is -0.248 e. The fraction of sp³-hybridized carbons (Fsp3) is 0.357. The van der Waals surface area contributed by atoms with Gasteiger partial charge in [0.1, 0.15) is 5.01 Å². The van der Waals surface area contributed by atoms with Crippen LogP contribution in [0.4, 0.5) is 0 Å². The summed E-state index contributed by atoms with van der Waals surface area (Å²) in [5.41, 5.74) is 0.869. The Bertz CT molecular complexity index is 740. The Labute approximate surface area is 133 Å². The number of rotatable bonds is 5. The molecule has 1 aliphatic carbocycles. The second-order valence-corrected chi connectivity index (χ2v) is 8.40. The number of sulfonamides is 1. The first kappa shape index (κ1) is 15.0. The average Bonchev–Trinajstić information content (AvgIpc) is 3.15. The number of nitrogens with zero attached hydrogens (tertiary/aromatic N) is 2. The van der Waals surface area contributed by atoms with Gasteiger partial charge in [-0.2, -0.15) is 4.31 Å². The van der Waals surface area contributed by atoms with Crippen molar-refractivity contribution in [3.8, 4) is 0 Å². The molecule has 1 aromatic carbocycles. The first-order valence-electron chi connectivity index (χ1n) is 6.65. The molecule has 4 nitrogen and oxygen atoms in total. The van der Waals surface area contributed by atoms with Crippen molar-refractivity contribution < 1.29 is 8.42 Å². The van der Waals surface area contributed by atoms with Gasteiger partial charge in [0.05, 0.1) is 11.4 Å². The highest BCUT2D eigenvalue weighted by Gasteiger charge is 2.38. The van der Waals surface area contributed by atoms with E-state index in [2.05, 4.69) is 4.98 Å². The predicted octanol–water partition coefficient (Wildman–Crippen LogP) is 3.46. The number of aryl methyl sites for hydroxylation is 1. The van der Waals surface area contributed by atoms with Crippen molar-refractivity contribution in [2.45, 2.75) is 37.2 Å². The Balaban J connectivity index is 1.95. The van der Waals surface area contributed by atoms with Gasteiger partial charge in [-0.25, -0.2) is 13.4 Å². The second kappa shape index (κ2) is 5.68. The van der Waals surface area contributed by atoms with E-state index in [1.54, 1.807) is 22.6 Å². The van der Waals surface area contributed by atoms with Gasteiger partial charge in [0, 0.05) is 22.6 Å². The molecule has 1 heterocycles. The average molecular weight is 343 g/mol. The molecular formula is C14H15ClN2O2S2. The quantitative estimate of drug-likeness (QED) is 0.836. The summed E-state index contributed by atoms with van der Waals surface area (Å²) in [6.07, 6.45) is 3.51. The molecule has 1 saturated carbocycles. The second-order valence-electron chi connectivity index (χ2n) is 5.12. The zero-order valence-corrected chi connectivity index (χ0v) is 13.9. The molecule has 0 atom stereocenters. The van der Waals surface area contributed by atoms with Crippen LogP contribution in [0.2, 0.25) is 5.02 Å². The highest BCUT2D eigenvalue weighted by atomic mass is 35.5. The Kier molecular flexibility index (Phi) is 4.05. The molecule has 0 amide bonds. The number of hydrogen-bond acceptors (Lipinski definition) is 4. The first-order chi connectivity index (χ1) is 9.98. The molecule has 112 valence electrons. The van der Waals surface area contributed by atoms with E-state index in [-0.39, 0.29) is 10.9 Å². The number of thiazole rings is 1. The first-order valence-corrected chi connectivity index (χ1v) is 9.34. The fourth-order valence-electron chi connectivity index (χ4n) is 2.11. The zero-order chi connectivity index (χ0) is 15.0. The molecule has 0 aliphatic heterocycles. The Morgan fingerprint density at radius 2 is 2.19 bits per heavy atom. The van der Waals surface area contributed by atoms with Gasteiger partial charge >= 0.3 is 0 Å². The van der Waals surface area contributed by atoms with Crippen LogP contribution >= 0.6 is 22.9 Å². The number of aromatic nitrogens is 1. The van der Waals surface area contributed by atoms with Gasteiger partial charge in [0.2, 0.25) is 10.0 Å². The lowest BCUT2D eigenvalue weighted by Crippen LogP contribution is -2.32. The molecular weight excluding hydrogens is 328 g/mol. The SMILES string of the molecule is Cc1ccc(S(=O)(=O)N(Cc2nccs2)C2CC2)cc1Cl. The number of benzene rings is 1. The van der Waals surface area contributed by atoms with Crippen molar-refractivity contribution in [3.63, 3.8) is 0 Å². The molecule has 7 heteroatoms. The molecule has 0 bridgehead atoms. The van der Waals surface area contributed by atoms with Gasteiger partial charge in [0.25, 0.3) is 0 Å². The summed E-state index contributed by atoms with van der Waals surface area (Å²) in [5, 5.41) is 3.14. The van der Waals surface area contributed by atoms with Crippen molar-refractivity contribution in [2.75, 3.05) is 0 Å². The maximum Gasteiger partial charge on any atom is 0.243 e. The van der Waals surface area contributed by atoms with E-state index in [4.69, 9.17) is 11.6 Å². The summed E-state index contributed by atoms with van der Waals surface area (Å²) < 4.78 is 27.2. The van der Waals surface area contributed by atoms with E-state index >= 15 is 0 Å². The summed E-state index contributed by atoms with van der Waals surface area (Å²) in [5.74, 6) is 0. The van der Waals surface area contributed by atoms with Crippen molar-refractivity contribution in [1.82, 2.24) is 9.29 Å². The lowest BCUT2D eigenvalue weighted by Gasteiger charge is -2.21. The minimum atomic E-state index is -3.54. The lowest BCUT2D eigenvalue weighted by molar-refractivity contribution is 0.398. The Morgan fingerprint density at radius 1 is 1.43 bits per heavy atom. The molecule has 0 radical (unpaired) electrons. The van der Waals surface area contributed by atoms with Crippen molar-refractivity contribution in [2.24, 2.45) is 0 Å². The van der Waals surface area contributed by atoms with Crippen molar-refractivity contribution >= 4 is 33.0 Å². The molecule has 1 aromatic heterocycles. The lowest BCUT2D eigenvalue weighted by atomic mass is 10.2. The maximum atomic E-state index is 12.8. The van der Waals surface area contributed by atoms with Crippen molar-refractivity contribution in [1.29, 1.82) is 0 Å². The maximum absolute atomic E-state index is 12.8. The van der Waals surface area contributed by atoms with Gasteiger partial charge in [-0.05, 0) is 37.5 Å². The summed E-state index contributed by atoms with van der Waals surface area (Å²) in [4.78, 5) is 4.44. The van der Waals surface area contributed by atoms with Gasteiger partial charge in [-0.3, -0.25) is 0 Å². The van der Waals surface area contributed by atoms with Crippen LogP contribution in [-0.2, 0) is 16.6 Å². The third-order valence-electron chi connectivity index (χ3n) is 3.48. The largest absolute Gasteiger partial charge is 0.248 e. The molecule has 1 aliphatic rings. The van der Waals surface area contributed by atoms with Gasteiger partial charge < -0.3 is 0 Å². The molecule has 0 saturated heterocycles. The van der Waals surface area contributed by atoms with E-state index in [9.17, 15) is 8.42 Å². The molecule has 2 aromatic rings. The van der Waals surface area contributed by atoms with Crippen LogP contribution in [0.5, 0.6) is 0 Å². The van der Waals surface area contributed by atoms with E-state index in [1.807, 2.05) is 12.3 Å². The van der Waals surface area contributed by atoms with Crippen LogP contribution in [0.3, 0.4) is 0 Å². The predicted molar refractivity (Wildman–Crippen MR) is 84.1 cm³/mol. The molecule has 0 spiro atoms. The topological polar surface area (TPSA) is 50.3 Å². The normalized spacial score (nSPS) is 15.6. The van der Waals surface area contributed by atoms with Crippen LogP contribution in [0.1, 0.15) is 23.4 Å². The van der Waals surface area contributed by atoms with E-state index in [1.165, 1.54) is 17.4 Å². The third kappa shape index (κ3) is 3.13. The van der Waals surface area contributed by atoms with Crippen LogP contribution < -0.4 is 0 Å². The summed E-state index contributed by atoms with van der Waals surface area (Å²) in [6, 6.07) is 4.97. The van der Waals surface area contributed by atoms with Crippen LogP contribution in [0.15, 0.2) is 34.7 Å². The summed E-state index contributed by atoms with van der Waals surface area (Å²) in [6.45, 7) is 2.18. The smallest absolute Gasteiger partial charge is 0.243 e. The standard InChI is InChI=1S/C14H15ClN2O2S2/c1-10-2-5-12(8-13(10)15)21(18,19)17(11-3-4-11)9-14-16-6-7-20-14/h2,5-8,11H,3-4,9H2,1H3. The van der Waals surface area contributed by atoms with Gasteiger partial charge in [-0.1, -0.05) is 17.7 Å². The molecule has 0 unspecified atom stereocenters. The molecule has 1 fully saturated rings. The van der Waals surface area contributed by atoms with E-state index in [0.29, 0.717) is 11.6 Å². The van der Waals surface area contributed by atoms with Crippen LogP contribution in [0, 0.1) is 6.92 Å². The zero-order valence-electron chi connectivity index (χ0n) is 11.5. The summed E-state index contributed by atoms with van der Waals surface area (Å²) >= 11 is 7.54. The third-order valence-corrected chi connectivity index (χ3v) is 6.54. The Morgan fingerprint density at radius 3 is 2.76 bits per heavy atom.